The summed E-state index contributed by atoms with van der Waals surface area (Å²) < 4.78 is 27.8. The predicted octanol–water partition coefficient (Wildman–Crippen LogP) is 3.01. The Hall–Kier alpha value is -1.75. The molecule has 0 unspecified atom stereocenters. The van der Waals surface area contributed by atoms with Gasteiger partial charge in [-0.3, -0.25) is 9.48 Å². The fourth-order valence-corrected chi connectivity index (χ4v) is 2.23. The summed E-state index contributed by atoms with van der Waals surface area (Å²) in [6, 6.07) is 3.18. The summed E-state index contributed by atoms with van der Waals surface area (Å²) in [7, 11) is 1.69. The van der Waals surface area contributed by atoms with Gasteiger partial charge in [0.05, 0.1) is 22.8 Å². The van der Waals surface area contributed by atoms with Crippen LogP contribution >= 0.6 is 11.6 Å². The molecule has 0 amide bonds. The van der Waals surface area contributed by atoms with Gasteiger partial charge in [-0.15, -0.1) is 0 Å². The van der Waals surface area contributed by atoms with E-state index in [9.17, 15) is 13.6 Å². The van der Waals surface area contributed by atoms with Gasteiger partial charge in [-0.05, 0) is 18.6 Å². The van der Waals surface area contributed by atoms with E-state index in [1.54, 1.807) is 14.0 Å². The molecule has 2 aromatic rings. The molecule has 1 aromatic heterocycles. The molecule has 20 heavy (non-hydrogen) atoms. The maximum absolute atomic E-state index is 13.5. The lowest BCUT2D eigenvalue weighted by molar-refractivity contribution is -0.117. The van der Waals surface area contributed by atoms with Gasteiger partial charge < -0.3 is 0 Å². The topological polar surface area (TPSA) is 34.9 Å². The van der Waals surface area contributed by atoms with Gasteiger partial charge in [0.25, 0.3) is 0 Å². The third kappa shape index (κ3) is 3.04. The number of aryl methyl sites for hydroxylation is 2. The summed E-state index contributed by atoms with van der Waals surface area (Å²) in [5.74, 6) is -1.59. The molecule has 0 aliphatic heterocycles. The number of hydrogen-bond donors (Lipinski definition) is 0. The van der Waals surface area contributed by atoms with Crippen LogP contribution in [-0.2, 0) is 24.7 Å². The Bertz CT molecular complexity index is 667. The summed E-state index contributed by atoms with van der Waals surface area (Å²) in [4.78, 5) is 12.0. The van der Waals surface area contributed by atoms with Crippen LogP contribution in [0.25, 0.3) is 0 Å². The summed E-state index contributed by atoms with van der Waals surface area (Å²) in [5.41, 5.74) is 1.41. The van der Waals surface area contributed by atoms with E-state index < -0.39 is 11.6 Å². The minimum atomic E-state index is -0.717. The molecule has 6 heteroatoms. The molecule has 0 saturated heterocycles. The van der Waals surface area contributed by atoms with Crippen molar-refractivity contribution in [3.05, 3.63) is 51.8 Å². The number of rotatable bonds is 4. The van der Waals surface area contributed by atoms with E-state index >= 15 is 0 Å². The highest BCUT2D eigenvalue weighted by atomic mass is 35.5. The van der Waals surface area contributed by atoms with Gasteiger partial charge in [0.2, 0.25) is 0 Å². The van der Waals surface area contributed by atoms with E-state index in [1.165, 1.54) is 10.7 Å². The highest BCUT2D eigenvalue weighted by Gasteiger charge is 2.16. The number of Topliss-reactive ketones (excluding diaryl/α,β-unsaturated/α-hetero) is 1. The Balaban J connectivity index is 2.13. The van der Waals surface area contributed by atoms with E-state index in [4.69, 9.17) is 11.6 Å². The van der Waals surface area contributed by atoms with Crippen LogP contribution in [0, 0.1) is 18.6 Å². The molecule has 0 aliphatic rings. The van der Waals surface area contributed by atoms with E-state index in [2.05, 4.69) is 5.10 Å². The molecule has 0 aliphatic carbocycles. The first-order chi connectivity index (χ1) is 9.38. The van der Waals surface area contributed by atoms with Crippen molar-refractivity contribution in [2.45, 2.75) is 19.8 Å². The van der Waals surface area contributed by atoms with E-state index in [0.717, 1.165) is 12.1 Å². The first kappa shape index (κ1) is 14.7. The molecule has 3 nitrogen and oxygen atoms in total. The summed E-state index contributed by atoms with van der Waals surface area (Å²) in [6.45, 7) is 1.75. The molecule has 0 fully saturated rings. The second-order valence-electron chi connectivity index (χ2n) is 4.60. The number of benzene rings is 1. The third-order valence-corrected chi connectivity index (χ3v) is 3.52. The molecule has 106 valence electrons. The van der Waals surface area contributed by atoms with Crippen LogP contribution in [0.2, 0.25) is 5.02 Å². The van der Waals surface area contributed by atoms with Crippen molar-refractivity contribution in [1.82, 2.24) is 9.78 Å². The minimum Gasteiger partial charge on any atom is -0.299 e. The van der Waals surface area contributed by atoms with Crippen LogP contribution in [0.3, 0.4) is 0 Å². The van der Waals surface area contributed by atoms with Crippen LogP contribution in [0.15, 0.2) is 18.2 Å². The highest BCUT2D eigenvalue weighted by Crippen LogP contribution is 2.20. The molecule has 0 bridgehead atoms. The molecule has 1 heterocycles. The lowest BCUT2D eigenvalue weighted by Crippen LogP contribution is -2.11. The Morgan fingerprint density at radius 1 is 1.35 bits per heavy atom. The van der Waals surface area contributed by atoms with Crippen molar-refractivity contribution in [3.8, 4) is 0 Å². The zero-order valence-corrected chi connectivity index (χ0v) is 11.8. The smallest absolute Gasteiger partial charge is 0.143 e. The van der Waals surface area contributed by atoms with Crippen molar-refractivity contribution in [1.29, 1.82) is 0 Å². The average Bonchev–Trinajstić information content (AvgIpc) is 2.60. The van der Waals surface area contributed by atoms with Crippen LogP contribution in [0.1, 0.15) is 17.0 Å². The van der Waals surface area contributed by atoms with Crippen LogP contribution in [0.5, 0.6) is 0 Å². The lowest BCUT2D eigenvalue weighted by atomic mass is 10.0. The maximum Gasteiger partial charge on any atom is 0.143 e. The molecule has 0 atom stereocenters. The number of nitrogens with zero attached hydrogens (tertiary/aromatic N) is 2. The van der Waals surface area contributed by atoms with E-state index in [0.29, 0.717) is 16.4 Å². The number of aromatic nitrogens is 2. The number of carbonyl (C=O) groups is 1. The molecule has 2 rings (SSSR count). The van der Waals surface area contributed by atoms with E-state index in [-0.39, 0.29) is 24.2 Å². The molecule has 0 N–H and O–H groups in total. The fraction of sp³-hybridized carbons (Fsp3) is 0.286. The van der Waals surface area contributed by atoms with Crippen molar-refractivity contribution in [2.75, 3.05) is 0 Å². The van der Waals surface area contributed by atoms with Gasteiger partial charge in [0, 0.05) is 19.5 Å². The summed E-state index contributed by atoms with van der Waals surface area (Å²) in [6.07, 6.45) is -0.0420. The molecule has 0 radical (unpaired) electrons. The zero-order chi connectivity index (χ0) is 14.9. The van der Waals surface area contributed by atoms with Crippen LogP contribution in [-0.4, -0.2) is 15.6 Å². The Labute approximate surface area is 120 Å². The normalized spacial score (nSPS) is 10.8. The Morgan fingerprint density at radius 2 is 2.05 bits per heavy atom. The lowest BCUT2D eigenvalue weighted by Gasteiger charge is -2.04. The minimum absolute atomic E-state index is 0.0625. The van der Waals surface area contributed by atoms with Gasteiger partial charge in [-0.2, -0.15) is 5.10 Å². The molecular weight excluding hydrogens is 286 g/mol. The number of ketones is 1. The SMILES string of the molecule is Cc1nn(C)c(CC(=O)Cc2ccc(F)cc2F)c1Cl. The quantitative estimate of drug-likeness (QED) is 0.869. The summed E-state index contributed by atoms with van der Waals surface area (Å²) in [5, 5.41) is 4.55. The van der Waals surface area contributed by atoms with Gasteiger partial charge in [0.15, 0.2) is 0 Å². The number of carbonyl (C=O) groups excluding carboxylic acids is 1. The largest absolute Gasteiger partial charge is 0.299 e. The van der Waals surface area contributed by atoms with Crippen molar-refractivity contribution in [3.63, 3.8) is 0 Å². The first-order valence-electron chi connectivity index (χ1n) is 6.02. The zero-order valence-electron chi connectivity index (χ0n) is 11.1. The number of hydrogen-bond acceptors (Lipinski definition) is 2. The highest BCUT2D eigenvalue weighted by molar-refractivity contribution is 6.32. The van der Waals surface area contributed by atoms with Crippen molar-refractivity contribution < 1.29 is 13.6 Å². The van der Waals surface area contributed by atoms with Gasteiger partial charge in [-0.25, -0.2) is 8.78 Å². The van der Waals surface area contributed by atoms with Crippen molar-refractivity contribution in [2.24, 2.45) is 7.05 Å². The predicted molar refractivity (Wildman–Crippen MR) is 71.7 cm³/mol. The standard InChI is InChI=1S/C14H13ClF2N2O/c1-8-14(15)13(19(2)18-8)7-11(20)5-9-3-4-10(16)6-12(9)17/h3-4,6H,5,7H2,1-2H3. The molecule has 0 saturated carbocycles. The van der Waals surface area contributed by atoms with Crippen molar-refractivity contribution >= 4 is 17.4 Å². The van der Waals surface area contributed by atoms with Gasteiger partial charge in [-0.1, -0.05) is 17.7 Å². The van der Waals surface area contributed by atoms with Gasteiger partial charge >= 0.3 is 0 Å². The third-order valence-electron chi connectivity index (χ3n) is 3.03. The monoisotopic (exact) mass is 298 g/mol. The fourth-order valence-electron chi connectivity index (χ4n) is 2.00. The average molecular weight is 299 g/mol. The maximum atomic E-state index is 13.5. The van der Waals surface area contributed by atoms with E-state index in [1.807, 2.05) is 0 Å². The van der Waals surface area contributed by atoms with Crippen LogP contribution < -0.4 is 0 Å². The van der Waals surface area contributed by atoms with Crippen LogP contribution in [0.4, 0.5) is 8.78 Å². The number of halogens is 3. The second kappa shape index (κ2) is 5.71. The Kier molecular flexibility index (Phi) is 4.18. The summed E-state index contributed by atoms with van der Waals surface area (Å²) >= 11 is 6.05. The second-order valence-corrected chi connectivity index (χ2v) is 4.98. The molecule has 1 aromatic carbocycles. The van der Waals surface area contributed by atoms with Gasteiger partial charge in [0.1, 0.15) is 17.4 Å². The molecule has 0 spiro atoms. The first-order valence-corrected chi connectivity index (χ1v) is 6.40. The Morgan fingerprint density at radius 3 is 2.60 bits per heavy atom. The molecular formula is C14H13ClF2N2O.